The minimum Gasteiger partial charge on any atom is -0.396 e. The predicted octanol–water partition coefficient (Wildman–Crippen LogP) is 3.63. The van der Waals surface area contributed by atoms with Gasteiger partial charge in [0.05, 0.1) is 15.8 Å². The van der Waals surface area contributed by atoms with Gasteiger partial charge in [-0.2, -0.15) is 4.98 Å². The summed E-state index contributed by atoms with van der Waals surface area (Å²) in [6.45, 7) is 0.212. The van der Waals surface area contributed by atoms with E-state index in [1.54, 1.807) is 11.3 Å². The average Bonchev–Trinajstić information content (AvgIpc) is 3.26. The average molecular weight is 419 g/mol. The van der Waals surface area contributed by atoms with Gasteiger partial charge in [-0.1, -0.05) is 11.6 Å². The van der Waals surface area contributed by atoms with E-state index >= 15 is 0 Å². The minimum absolute atomic E-state index is 0.129. The van der Waals surface area contributed by atoms with Crippen LogP contribution in [-0.2, 0) is 0 Å². The lowest BCUT2D eigenvalue weighted by Crippen LogP contribution is -2.18. The Balaban J connectivity index is 1.73. The molecule has 28 heavy (non-hydrogen) atoms. The zero-order valence-electron chi connectivity index (χ0n) is 15.8. The van der Waals surface area contributed by atoms with Gasteiger partial charge in [-0.3, -0.25) is 0 Å². The van der Waals surface area contributed by atoms with Crippen LogP contribution in [0.15, 0.2) is 18.2 Å². The molecule has 4 N–H and O–H groups in total. The summed E-state index contributed by atoms with van der Waals surface area (Å²) in [5, 5.41) is 13.9. The van der Waals surface area contributed by atoms with E-state index in [0.717, 1.165) is 40.2 Å². The van der Waals surface area contributed by atoms with Crippen LogP contribution in [0.1, 0.15) is 19.3 Å². The zero-order chi connectivity index (χ0) is 19.8. The van der Waals surface area contributed by atoms with Gasteiger partial charge in [0, 0.05) is 32.4 Å². The molecule has 1 saturated carbocycles. The molecule has 0 radical (unpaired) electrons. The number of aliphatic hydroxyl groups excluding tert-OH is 1. The topological polar surface area (TPSA) is 100 Å². The largest absolute Gasteiger partial charge is 0.396 e. The molecule has 9 heteroatoms. The lowest BCUT2D eigenvalue weighted by atomic mass is 10.1. The second-order valence-corrected chi connectivity index (χ2v) is 8.75. The fraction of sp³-hybridized carbons (Fsp3) is 0.421. The number of hydrogen-bond acceptors (Lipinski definition) is 8. The van der Waals surface area contributed by atoms with Crippen LogP contribution in [0, 0.1) is 5.92 Å². The first-order valence-corrected chi connectivity index (χ1v) is 10.4. The van der Waals surface area contributed by atoms with Gasteiger partial charge in [-0.25, -0.2) is 9.97 Å². The molecule has 7 nitrogen and oxygen atoms in total. The molecule has 1 aromatic carbocycles. The number of nitrogen functional groups attached to an aromatic ring is 1. The molecule has 1 fully saturated rings. The molecular formula is C19H23ClN6OS. The Kier molecular flexibility index (Phi) is 5.27. The molecule has 0 aliphatic heterocycles. The third-order valence-electron chi connectivity index (χ3n) is 5.12. The van der Waals surface area contributed by atoms with Crippen LogP contribution in [0.3, 0.4) is 0 Å². The van der Waals surface area contributed by atoms with Gasteiger partial charge in [-0.05, 0) is 43.4 Å². The molecule has 2 heterocycles. The van der Waals surface area contributed by atoms with Gasteiger partial charge in [0.2, 0.25) is 5.95 Å². The highest BCUT2D eigenvalue weighted by Gasteiger charge is 2.27. The fourth-order valence-electron chi connectivity index (χ4n) is 3.61. The van der Waals surface area contributed by atoms with Crippen LogP contribution < -0.4 is 16.0 Å². The summed E-state index contributed by atoms with van der Waals surface area (Å²) >= 11 is 8.02. The number of halogens is 1. The Hall–Kier alpha value is -2.16. The van der Waals surface area contributed by atoms with Crippen molar-refractivity contribution in [3.63, 3.8) is 0 Å². The van der Waals surface area contributed by atoms with Gasteiger partial charge in [0.25, 0.3) is 0 Å². The first-order valence-electron chi connectivity index (χ1n) is 9.23. The number of rotatable bonds is 5. The highest BCUT2D eigenvalue weighted by Crippen LogP contribution is 2.40. The van der Waals surface area contributed by atoms with Crippen LogP contribution in [0.5, 0.6) is 0 Å². The molecule has 2 unspecified atom stereocenters. The highest BCUT2D eigenvalue weighted by atomic mass is 35.5. The molecule has 0 saturated heterocycles. The summed E-state index contributed by atoms with van der Waals surface area (Å²) in [4.78, 5) is 15.4. The predicted molar refractivity (Wildman–Crippen MR) is 116 cm³/mol. The van der Waals surface area contributed by atoms with Gasteiger partial charge in [-0.15, -0.1) is 11.3 Å². The highest BCUT2D eigenvalue weighted by molar-refractivity contribution is 7.21. The summed E-state index contributed by atoms with van der Waals surface area (Å²) in [5.74, 6) is 1.06. The van der Waals surface area contributed by atoms with E-state index in [-0.39, 0.29) is 18.6 Å². The lowest BCUT2D eigenvalue weighted by Gasteiger charge is -2.16. The normalized spacial score (nSPS) is 19.3. The van der Waals surface area contributed by atoms with Crippen molar-refractivity contribution in [2.45, 2.75) is 25.3 Å². The quantitative estimate of drug-likeness (QED) is 0.544. The van der Waals surface area contributed by atoms with E-state index in [9.17, 15) is 5.11 Å². The molecule has 2 atom stereocenters. The van der Waals surface area contributed by atoms with Crippen molar-refractivity contribution in [3.05, 3.63) is 23.4 Å². The Morgan fingerprint density at radius 2 is 2.11 bits per heavy atom. The second kappa shape index (κ2) is 7.69. The van der Waals surface area contributed by atoms with Crippen molar-refractivity contribution in [1.29, 1.82) is 0 Å². The molecule has 0 amide bonds. The first kappa shape index (κ1) is 19.2. The lowest BCUT2D eigenvalue weighted by molar-refractivity contribution is 0.229. The number of nitrogens with one attached hydrogen (secondary N) is 1. The van der Waals surface area contributed by atoms with Gasteiger partial charge >= 0.3 is 0 Å². The maximum absolute atomic E-state index is 9.41. The Bertz CT molecular complexity index is 1010. The molecule has 0 spiro atoms. The number of fused-ring (bicyclic) bond motifs is 1. The number of thiazole rings is 1. The van der Waals surface area contributed by atoms with Crippen LogP contribution >= 0.6 is 22.9 Å². The van der Waals surface area contributed by atoms with E-state index in [4.69, 9.17) is 22.3 Å². The minimum atomic E-state index is 0.129. The van der Waals surface area contributed by atoms with Crippen molar-refractivity contribution >= 4 is 50.6 Å². The molecule has 0 bridgehead atoms. The first-order chi connectivity index (χ1) is 13.4. The van der Waals surface area contributed by atoms with Crippen LogP contribution in [0.4, 0.5) is 17.5 Å². The number of benzene rings is 1. The maximum Gasteiger partial charge on any atom is 0.223 e. The molecule has 4 rings (SSSR count). The van der Waals surface area contributed by atoms with Crippen molar-refractivity contribution < 1.29 is 5.11 Å². The second-order valence-electron chi connectivity index (χ2n) is 7.36. The van der Waals surface area contributed by atoms with Gasteiger partial charge in [0.1, 0.15) is 16.0 Å². The number of anilines is 3. The molecule has 2 aromatic heterocycles. The Morgan fingerprint density at radius 1 is 1.29 bits per heavy atom. The number of nitrogens with zero attached hydrogens (tertiary/aromatic N) is 4. The Labute approximate surface area is 172 Å². The third kappa shape index (κ3) is 3.72. The van der Waals surface area contributed by atoms with E-state index in [2.05, 4.69) is 26.3 Å². The number of nitrogens with two attached hydrogens (primary N) is 1. The third-order valence-corrected chi connectivity index (χ3v) is 6.43. The van der Waals surface area contributed by atoms with Gasteiger partial charge in [0.15, 0.2) is 0 Å². The van der Waals surface area contributed by atoms with Crippen molar-refractivity contribution in [1.82, 2.24) is 15.0 Å². The monoisotopic (exact) mass is 418 g/mol. The summed E-state index contributed by atoms with van der Waals surface area (Å²) < 4.78 is 1.07. The molecule has 1 aliphatic rings. The van der Waals surface area contributed by atoms with E-state index < -0.39 is 0 Å². The maximum atomic E-state index is 9.41. The van der Waals surface area contributed by atoms with Gasteiger partial charge < -0.3 is 21.1 Å². The molecule has 3 aromatic rings. The molecule has 148 valence electrons. The van der Waals surface area contributed by atoms with Crippen molar-refractivity contribution in [3.8, 4) is 10.6 Å². The SMILES string of the molecule is CN(C)c1ccc2nc(-c3c(Cl)nc(N)nc3NC3CCC(CO)C3)sc2c1. The number of aliphatic hydroxyl groups is 1. The standard InChI is InChI=1S/C19H23ClN6OS/c1-26(2)12-5-6-13-14(8-12)28-18(23-13)15-16(20)24-19(21)25-17(15)22-11-4-3-10(7-11)9-27/h5-6,8,10-11,27H,3-4,7,9H2,1-2H3,(H3,21,22,24,25). The number of hydrogen-bond donors (Lipinski definition) is 3. The molecular weight excluding hydrogens is 396 g/mol. The van der Waals surface area contributed by atoms with E-state index in [0.29, 0.717) is 22.5 Å². The fourth-order valence-corrected chi connectivity index (χ4v) is 4.97. The number of aromatic nitrogens is 3. The summed E-state index contributed by atoms with van der Waals surface area (Å²) in [6.07, 6.45) is 2.86. The van der Waals surface area contributed by atoms with Crippen LogP contribution in [0.2, 0.25) is 5.15 Å². The van der Waals surface area contributed by atoms with E-state index in [1.807, 2.05) is 26.2 Å². The molecule has 1 aliphatic carbocycles. The summed E-state index contributed by atoms with van der Waals surface area (Å²) in [6, 6.07) is 6.38. The van der Waals surface area contributed by atoms with Crippen molar-refractivity contribution in [2.75, 3.05) is 36.7 Å². The Morgan fingerprint density at radius 3 is 2.82 bits per heavy atom. The van der Waals surface area contributed by atoms with Crippen LogP contribution in [-0.4, -0.2) is 46.8 Å². The van der Waals surface area contributed by atoms with Crippen LogP contribution in [0.25, 0.3) is 20.8 Å². The zero-order valence-corrected chi connectivity index (χ0v) is 17.4. The smallest absolute Gasteiger partial charge is 0.223 e. The van der Waals surface area contributed by atoms with Crippen molar-refractivity contribution in [2.24, 2.45) is 5.92 Å². The summed E-state index contributed by atoms with van der Waals surface area (Å²) in [7, 11) is 4.02. The van der Waals surface area contributed by atoms with E-state index in [1.165, 1.54) is 0 Å². The summed E-state index contributed by atoms with van der Waals surface area (Å²) in [5.41, 5.74) is 8.55.